The second-order valence-corrected chi connectivity index (χ2v) is 5.92. The first-order chi connectivity index (χ1) is 9.19. The first-order valence-corrected chi connectivity index (χ1v) is 8.09. The van der Waals surface area contributed by atoms with Gasteiger partial charge in [-0.3, -0.25) is 0 Å². The molecule has 2 aromatic rings. The Balaban J connectivity index is 1.87. The molecule has 2 nitrogen and oxygen atoms in total. The van der Waals surface area contributed by atoms with E-state index >= 15 is 0 Å². The van der Waals surface area contributed by atoms with E-state index in [4.69, 9.17) is 4.42 Å². The Morgan fingerprint density at radius 1 is 1.21 bits per heavy atom. The normalized spacial score (nSPS) is 10.9. The van der Waals surface area contributed by atoms with Crippen molar-refractivity contribution in [2.75, 3.05) is 6.26 Å². The maximum Gasteiger partial charge on any atom is 0.127 e. The van der Waals surface area contributed by atoms with Crippen LogP contribution in [0.2, 0.25) is 0 Å². The van der Waals surface area contributed by atoms with Gasteiger partial charge in [-0.25, -0.2) is 4.39 Å². The molecule has 0 aliphatic heterocycles. The third kappa shape index (κ3) is 4.37. The van der Waals surface area contributed by atoms with Crippen molar-refractivity contribution in [2.24, 2.45) is 0 Å². The Morgan fingerprint density at radius 3 is 2.79 bits per heavy atom. The fraction of sp³-hybridized carbons (Fsp3) is 0.286. The molecule has 0 aliphatic carbocycles. The van der Waals surface area contributed by atoms with Crippen LogP contribution >= 0.6 is 27.7 Å². The minimum atomic E-state index is -0.196. The minimum absolute atomic E-state index is 0.196. The number of furan rings is 1. The van der Waals surface area contributed by atoms with Gasteiger partial charge in [0.25, 0.3) is 0 Å². The number of hydrogen-bond acceptors (Lipinski definition) is 3. The highest BCUT2D eigenvalue weighted by molar-refractivity contribution is 9.10. The predicted octanol–water partition coefficient (Wildman–Crippen LogP) is 4.33. The van der Waals surface area contributed by atoms with Gasteiger partial charge in [-0.15, -0.1) is 0 Å². The van der Waals surface area contributed by atoms with Crippen molar-refractivity contribution in [1.82, 2.24) is 5.32 Å². The molecular formula is C14H15BrFNOS. The summed E-state index contributed by atoms with van der Waals surface area (Å²) in [7, 11) is 0. The van der Waals surface area contributed by atoms with Crippen LogP contribution in [0.3, 0.4) is 0 Å². The topological polar surface area (TPSA) is 25.2 Å². The van der Waals surface area contributed by atoms with E-state index in [-0.39, 0.29) is 5.82 Å². The van der Waals surface area contributed by atoms with Gasteiger partial charge in [0, 0.05) is 16.6 Å². The van der Waals surface area contributed by atoms with Crippen molar-refractivity contribution in [1.29, 1.82) is 0 Å². The molecule has 19 heavy (non-hydrogen) atoms. The summed E-state index contributed by atoms with van der Waals surface area (Å²) >= 11 is 5.06. The van der Waals surface area contributed by atoms with Crippen molar-refractivity contribution < 1.29 is 8.81 Å². The van der Waals surface area contributed by atoms with Crippen molar-refractivity contribution >= 4 is 27.7 Å². The number of halogens is 2. The van der Waals surface area contributed by atoms with Crippen LogP contribution in [-0.2, 0) is 18.8 Å². The van der Waals surface area contributed by atoms with Crippen molar-refractivity contribution in [3.05, 3.63) is 57.7 Å². The molecule has 0 unspecified atom stereocenters. The molecule has 0 bridgehead atoms. The Labute approximate surface area is 124 Å². The Hall–Kier alpha value is -0.780. The maximum absolute atomic E-state index is 13.5. The van der Waals surface area contributed by atoms with E-state index in [1.165, 1.54) is 6.07 Å². The Morgan fingerprint density at radius 2 is 2.00 bits per heavy atom. The van der Waals surface area contributed by atoms with E-state index < -0.39 is 0 Å². The SMILES string of the molecule is CSCc1ccc(CNCc2cc(Br)ccc2F)o1. The van der Waals surface area contributed by atoms with Crippen molar-refractivity contribution in [3.8, 4) is 0 Å². The van der Waals surface area contributed by atoms with Crippen LogP contribution in [0.15, 0.2) is 39.2 Å². The molecule has 0 aliphatic rings. The predicted molar refractivity (Wildman–Crippen MR) is 80.6 cm³/mol. The molecule has 5 heteroatoms. The summed E-state index contributed by atoms with van der Waals surface area (Å²) in [6, 6.07) is 8.87. The molecule has 0 saturated carbocycles. The van der Waals surface area contributed by atoms with Gasteiger partial charge in [-0.1, -0.05) is 15.9 Å². The lowest BCUT2D eigenvalue weighted by molar-refractivity contribution is 0.457. The zero-order chi connectivity index (χ0) is 13.7. The highest BCUT2D eigenvalue weighted by atomic mass is 79.9. The molecule has 2 rings (SSSR count). The third-order valence-corrected chi connectivity index (χ3v) is 3.69. The molecule has 0 spiro atoms. The first-order valence-electron chi connectivity index (χ1n) is 5.90. The van der Waals surface area contributed by atoms with E-state index in [2.05, 4.69) is 21.2 Å². The van der Waals surface area contributed by atoms with Crippen LogP contribution in [0.1, 0.15) is 17.1 Å². The summed E-state index contributed by atoms with van der Waals surface area (Å²) in [6.45, 7) is 1.07. The number of thioether (sulfide) groups is 1. The summed E-state index contributed by atoms with van der Waals surface area (Å²) in [5, 5.41) is 3.18. The third-order valence-electron chi connectivity index (χ3n) is 2.63. The average molecular weight is 344 g/mol. The van der Waals surface area contributed by atoms with Gasteiger partial charge >= 0.3 is 0 Å². The summed E-state index contributed by atoms with van der Waals surface area (Å²) < 4.78 is 20.0. The summed E-state index contributed by atoms with van der Waals surface area (Å²) in [5.74, 6) is 2.52. The molecule has 0 fully saturated rings. The summed E-state index contributed by atoms with van der Waals surface area (Å²) in [6.07, 6.45) is 2.04. The zero-order valence-electron chi connectivity index (χ0n) is 10.6. The van der Waals surface area contributed by atoms with E-state index in [9.17, 15) is 4.39 Å². The Kier molecular flexibility index (Phi) is 5.48. The molecule has 1 heterocycles. The van der Waals surface area contributed by atoms with Gasteiger partial charge < -0.3 is 9.73 Å². The van der Waals surface area contributed by atoms with E-state index in [1.54, 1.807) is 23.9 Å². The highest BCUT2D eigenvalue weighted by Gasteiger charge is 2.04. The lowest BCUT2D eigenvalue weighted by Crippen LogP contribution is -2.13. The van der Waals surface area contributed by atoms with Crippen LogP contribution in [0.4, 0.5) is 4.39 Å². The molecule has 1 aromatic heterocycles. The minimum Gasteiger partial charge on any atom is -0.464 e. The molecule has 0 radical (unpaired) electrons. The monoisotopic (exact) mass is 343 g/mol. The highest BCUT2D eigenvalue weighted by Crippen LogP contribution is 2.16. The van der Waals surface area contributed by atoms with Crippen LogP contribution in [-0.4, -0.2) is 6.26 Å². The lowest BCUT2D eigenvalue weighted by Gasteiger charge is -2.05. The van der Waals surface area contributed by atoms with E-state index in [0.717, 1.165) is 21.7 Å². The molecule has 0 atom stereocenters. The van der Waals surface area contributed by atoms with E-state index in [1.807, 2.05) is 18.4 Å². The van der Waals surface area contributed by atoms with Gasteiger partial charge in [0.15, 0.2) is 0 Å². The molecule has 0 saturated heterocycles. The summed E-state index contributed by atoms with van der Waals surface area (Å²) in [5.41, 5.74) is 0.644. The van der Waals surface area contributed by atoms with Crippen LogP contribution < -0.4 is 5.32 Å². The van der Waals surface area contributed by atoms with E-state index in [0.29, 0.717) is 18.7 Å². The number of benzene rings is 1. The fourth-order valence-corrected chi connectivity index (χ4v) is 2.58. The zero-order valence-corrected chi connectivity index (χ0v) is 13.0. The molecular weight excluding hydrogens is 329 g/mol. The van der Waals surface area contributed by atoms with Crippen LogP contribution in [0, 0.1) is 5.82 Å². The number of hydrogen-bond donors (Lipinski definition) is 1. The smallest absolute Gasteiger partial charge is 0.127 e. The standard InChI is InChI=1S/C14H15BrFNOS/c1-19-9-13-4-3-12(18-13)8-17-7-10-6-11(15)2-5-14(10)16/h2-6,17H,7-9H2,1H3. The van der Waals surface area contributed by atoms with Gasteiger partial charge in [-0.2, -0.15) is 11.8 Å². The quantitative estimate of drug-likeness (QED) is 0.844. The van der Waals surface area contributed by atoms with Gasteiger partial charge in [0.2, 0.25) is 0 Å². The van der Waals surface area contributed by atoms with Crippen LogP contribution in [0.25, 0.3) is 0 Å². The summed E-state index contributed by atoms with van der Waals surface area (Å²) in [4.78, 5) is 0. The van der Waals surface area contributed by atoms with Gasteiger partial charge in [-0.05, 0) is 36.6 Å². The molecule has 0 amide bonds. The molecule has 1 aromatic carbocycles. The van der Waals surface area contributed by atoms with Crippen molar-refractivity contribution in [2.45, 2.75) is 18.8 Å². The van der Waals surface area contributed by atoms with Gasteiger partial charge in [0.1, 0.15) is 17.3 Å². The fourth-order valence-electron chi connectivity index (χ4n) is 1.74. The second kappa shape index (κ2) is 7.12. The van der Waals surface area contributed by atoms with Gasteiger partial charge in [0.05, 0.1) is 12.3 Å². The van der Waals surface area contributed by atoms with Crippen molar-refractivity contribution in [3.63, 3.8) is 0 Å². The largest absolute Gasteiger partial charge is 0.464 e. The molecule has 102 valence electrons. The maximum atomic E-state index is 13.5. The number of rotatable bonds is 6. The lowest BCUT2D eigenvalue weighted by atomic mass is 10.2. The first kappa shape index (κ1) is 14.6. The van der Waals surface area contributed by atoms with Crippen LogP contribution in [0.5, 0.6) is 0 Å². The molecule has 1 N–H and O–H groups in total. The number of nitrogens with one attached hydrogen (secondary N) is 1. The average Bonchev–Trinajstić information content (AvgIpc) is 2.82. The Bertz CT molecular complexity index is 544. The second-order valence-electron chi connectivity index (χ2n) is 4.14.